The number of anilines is 2. The van der Waals surface area contributed by atoms with E-state index in [-0.39, 0.29) is 18.4 Å². The molecule has 0 spiro atoms. The van der Waals surface area contributed by atoms with Crippen molar-refractivity contribution in [3.8, 4) is 0 Å². The lowest BCUT2D eigenvalue weighted by Gasteiger charge is -2.31. The fourth-order valence-corrected chi connectivity index (χ4v) is 4.32. The summed E-state index contributed by atoms with van der Waals surface area (Å²) >= 11 is 0. The van der Waals surface area contributed by atoms with E-state index in [2.05, 4.69) is 17.4 Å². The minimum absolute atomic E-state index is 0.0471. The van der Waals surface area contributed by atoms with Crippen molar-refractivity contribution in [1.29, 1.82) is 0 Å². The standard InChI is InChI=1S/C24H29N3O2/c1-24(2,23(29)26-15-7-8-16-26)25-17-22(28)27-20-11-5-3-9-18(20)13-14-19-10-4-6-12-21(19)27/h3-6,9-12,25H,7-8,13-17H2,1-2H3. The zero-order chi connectivity index (χ0) is 20.4. The quantitative estimate of drug-likeness (QED) is 0.869. The zero-order valence-electron chi connectivity index (χ0n) is 17.3. The maximum Gasteiger partial charge on any atom is 0.245 e. The summed E-state index contributed by atoms with van der Waals surface area (Å²) in [6, 6.07) is 16.2. The van der Waals surface area contributed by atoms with Gasteiger partial charge in [-0.05, 0) is 62.8 Å². The minimum atomic E-state index is -0.773. The van der Waals surface area contributed by atoms with Crippen LogP contribution in [-0.4, -0.2) is 41.9 Å². The van der Waals surface area contributed by atoms with Gasteiger partial charge in [0.05, 0.1) is 23.5 Å². The van der Waals surface area contributed by atoms with E-state index in [1.807, 2.05) is 60.0 Å². The number of aryl methyl sites for hydroxylation is 2. The summed E-state index contributed by atoms with van der Waals surface area (Å²) in [5.41, 5.74) is 3.44. The Labute approximate surface area is 172 Å². The van der Waals surface area contributed by atoms with Gasteiger partial charge < -0.3 is 4.90 Å². The van der Waals surface area contributed by atoms with E-state index in [4.69, 9.17) is 0 Å². The molecular weight excluding hydrogens is 362 g/mol. The van der Waals surface area contributed by atoms with Gasteiger partial charge in [0.15, 0.2) is 0 Å². The van der Waals surface area contributed by atoms with Crippen molar-refractivity contribution >= 4 is 23.2 Å². The van der Waals surface area contributed by atoms with E-state index in [0.717, 1.165) is 50.1 Å². The van der Waals surface area contributed by atoms with Crippen LogP contribution in [0.15, 0.2) is 48.5 Å². The van der Waals surface area contributed by atoms with E-state index in [1.165, 1.54) is 11.1 Å². The first-order valence-corrected chi connectivity index (χ1v) is 10.5. The summed E-state index contributed by atoms with van der Waals surface area (Å²) in [7, 11) is 0. The molecule has 0 radical (unpaired) electrons. The molecule has 2 aliphatic rings. The van der Waals surface area contributed by atoms with E-state index in [0.29, 0.717) is 0 Å². The second-order valence-corrected chi connectivity index (χ2v) is 8.46. The molecule has 152 valence electrons. The number of fused-ring (bicyclic) bond motifs is 2. The molecule has 0 aromatic heterocycles. The highest BCUT2D eigenvalue weighted by atomic mass is 16.2. The first-order chi connectivity index (χ1) is 14.0. The molecule has 2 amide bonds. The van der Waals surface area contributed by atoms with Gasteiger partial charge in [-0.1, -0.05) is 36.4 Å². The highest BCUT2D eigenvalue weighted by Crippen LogP contribution is 2.35. The predicted octanol–water partition coefficient (Wildman–Crippen LogP) is 3.44. The van der Waals surface area contributed by atoms with E-state index < -0.39 is 5.54 Å². The molecule has 4 rings (SSSR count). The van der Waals surface area contributed by atoms with E-state index in [1.54, 1.807) is 0 Å². The Morgan fingerprint density at radius 1 is 0.897 bits per heavy atom. The number of carbonyl (C=O) groups is 2. The topological polar surface area (TPSA) is 52.7 Å². The molecule has 0 aliphatic carbocycles. The van der Waals surface area contributed by atoms with Crippen molar-refractivity contribution in [2.75, 3.05) is 24.5 Å². The third kappa shape index (κ3) is 3.92. The number of hydrogen-bond donors (Lipinski definition) is 1. The number of hydrogen-bond acceptors (Lipinski definition) is 3. The van der Waals surface area contributed by atoms with Crippen molar-refractivity contribution in [1.82, 2.24) is 10.2 Å². The largest absolute Gasteiger partial charge is 0.341 e. The highest BCUT2D eigenvalue weighted by molar-refractivity contribution is 6.03. The Morgan fingerprint density at radius 2 is 1.41 bits per heavy atom. The van der Waals surface area contributed by atoms with Crippen LogP contribution in [0.25, 0.3) is 0 Å². The van der Waals surface area contributed by atoms with Gasteiger partial charge in [-0.15, -0.1) is 0 Å². The molecule has 5 nitrogen and oxygen atoms in total. The van der Waals surface area contributed by atoms with Crippen molar-refractivity contribution < 1.29 is 9.59 Å². The van der Waals surface area contributed by atoms with E-state index in [9.17, 15) is 9.59 Å². The summed E-state index contributed by atoms with van der Waals surface area (Å²) in [6.07, 6.45) is 3.93. The molecule has 2 aliphatic heterocycles. The Hall–Kier alpha value is -2.66. The summed E-state index contributed by atoms with van der Waals surface area (Å²) in [5, 5.41) is 3.23. The number of nitrogens with zero attached hydrogens (tertiary/aromatic N) is 2. The average Bonchev–Trinajstić information content (AvgIpc) is 3.21. The van der Waals surface area contributed by atoms with Gasteiger partial charge >= 0.3 is 0 Å². The number of likely N-dealkylation sites (tertiary alicyclic amines) is 1. The molecule has 2 heterocycles. The summed E-state index contributed by atoms with van der Waals surface area (Å²) in [4.78, 5) is 30.0. The minimum Gasteiger partial charge on any atom is -0.341 e. The predicted molar refractivity (Wildman–Crippen MR) is 115 cm³/mol. The fourth-order valence-electron chi connectivity index (χ4n) is 4.32. The fraction of sp³-hybridized carbons (Fsp3) is 0.417. The number of carbonyl (C=O) groups excluding carboxylic acids is 2. The lowest BCUT2D eigenvalue weighted by molar-refractivity contribution is -0.136. The van der Waals surface area contributed by atoms with Crippen molar-refractivity contribution in [2.45, 2.75) is 45.1 Å². The molecule has 5 heteroatoms. The molecule has 1 saturated heterocycles. The third-order valence-electron chi connectivity index (χ3n) is 5.99. The Balaban J connectivity index is 1.57. The molecule has 0 saturated carbocycles. The van der Waals surface area contributed by atoms with Crippen molar-refractivity contribution in [3.63, 3.8) is 0 Å². The van der Waals surface area contributed by atoms with Crippen LogP contribution in [-0.2, 0) is 22.4 Å². The molecule has 0 bridgehead atoms. The SMILES string of the molecule is CC(C)(NCC(=O)N1c2ccccc2CCc2ccccc21)C(=O)N1CCCC1. The number of nitrogens with one attached hydrogen (secondary N) is 1. The number of benzene rings is 2. The van der Waals surface area contributed by atoms with Gasteiger partial charge in [0.1, 0.15) is 0 Å². The van der Waals surface area contributed by atoms with Crippen LogP contribution in [0.1, 0.15) is 37.8 Å². The molecule has 2 aromatic carbocycles. The van der Waals surface area contributed by atoms with Gasteiger partial charge in [-0.2, -0.15) is 0 Å². The van der Waals surface area contributed by atoms with Crippen molar-refractivity contribution in [2.24, 2.45) is 0 Å². The van der Waals surface area contributed by atoms with Crippen LogP contribution in [0.2, 0.25) is 0 Å². The monoisotopic (exact) mass is 391 g/mol. The molecule has 29 heavy (non-hydrogen) atoms. The highest BCUT2D eigenvalue weighted by Gasteiger charge is 2.34. The Kier molecular flexibility index (Phi) is 5.41. The molecule has 0 unspecified atom stereocenters. The van der Waals surface area contributed by atoms with Crippen LogP contribution in [0.5, 0.6) is 0 Å². The summed E-state index contributed by atoms with van der Waals surface area (Å²) < 4.78 is 0. The third-order valence-corrected chi connectivity index (χ3v) is 5.99. The van der Waals surface area contributed by atoms with Gasteiger partial charge in [0.2, 0.25) is 11.8 Å². The van der Waals surface area contributed by atoms with Gasteiger partial charge in [-0.25, -0.2) is 0 Å². The van der Waals surface area contributed by atoms with E-state index >= 15 is 0 Å². The average molecular weight is 392 g/mol. The normalized spacial score (nSPS) is 16.2. The maximum atomic E-state index is 13.4. The van der Waals surface area contributed by atoms with Crippen LogP contribution in [0, 0.1) is 0 Å². The molecule has 0 atom stereocenters. The number of rotatable bonds is 4. The number of para-hydroxylation sites is 2. The Bertz CT molecular complexity index is 868. The van der Waals surface area contributed by atoms with Crippen molar-refractivity contribution in [3.05, 3.63) is 59.7 Å². The van der Waals surface area contributed by atoms with Crippen LogP contribution < -0.4 is 10.2 Å². The smallest absolute Gasteiger partial charge is 0.245 e. The first kappa shape index (κ1) is 19.6. The summed E-state index contributed by atoms with van der Waals surface area (Å²) in [6.45, 7) is 5.46. The molecular formula is C24H29N3O2. The zero-order valence-corrected chi connectivity index (χ0v) is 17.3. The molecule has 1 N–H and O–H groups in total. The van der Waals surface area contributed by atoms with Gasteiger partial charge in [0.25, 0.3) is 0 Å². The second kappa shape index (κ2) is 7.99. The van der Waals surface area contributed by atoms with Gasteiger partial charge in [-0.3, -0.25) is 19.8 Å². The summed E-state index contributed by atoms with van der Waals surface area (Å²) in [5.74, 6) is 0.0218. The maximum absolute atomic E-state index is 13.4. The number of amides is 2. The lowest BCUT2D eigenvalue weighted by Crippen LogP contribution is -2.55. The van der Waals surface area contributed by atoms with Gasteiger partial charge in [0, 0.05) is 13.1 Å². The first-order valence-electron chi connectivity index (χ1n) is 10.5. The molecule has 1 fully saturated rings. The van der Waals surface area contributed by atoms with Crippen LogP contribution in [0.4, 0.5) is 11.4 Å². The second-order valence-electron chi connectivity index (χ2n) is 8.46. The van der Waals surface area contributed by atoms with Crippen LogP contribution >= 0.6 is 0 Å². The van der Waals surface area contributed by atoms with Crippen LogP contribution in [0.3, 0.4) is 0 Å². The molecule has 2 aromatic rings. The lowest BCUT2D eigenvalue weighted by atomic mass is 10.0. The Morgan fingerprint density at radius 3 is 1.97 bits per heavy atom.